The fraction of sp³-hybridized carbons (Fsp3) is 0.889. The Morgan fingerprint density at radius 1 is 1.47 bits per heavy atom. The Hall–Kier alpha value is -0.300. The summed E-state index contributed by atoms with van der Waals surface area (Å²) < 4.78 is 4.20. The molecule has 0 saturated carbocycles. The number of rotatable bonds is 9. The summed E-state index contributed by atoms with van der Waals surface area (Å²) in [6.07, 6.45) is 3.76. The van der Waals surface area contributed by atoms with E-state index >= 15 is 0 Å². The zero-order valence-corrected chi connectivity index (χ0v) is 10.1. The van der Waals surface area contributed by atoms with E-state index in [4.69, 9.17) is 5.26 Å². The molecule has 0 heterocycles. The molecule has 0 aromatic rings. The molecule has 0 aromatic heterocycles. The molecule has 15 heavy (non-hydrogen) atoms. The smallest absolute Gasteiger partial charge is 0.222 e. The molecule has 0 aromatic carbocycles. The van der Waals surface area contributed by atoms with E-state index in [9.17, 15) is 4.79 Å². The Balaban J connectivity index is 3.42. The minimum absolute atomic E-state index is 0.147. The molecule has 0 aliphatic rings. The second-order valence-electron chi connectivity index (χ2n) is 3.24. The van der Waals surface area contributed by atoms with Crippen molar-refractivity contribution in [2.24, 2.45) is 0 Å². The number of carbonyl (C=O) groups excluding carboxylic acids is 1. The second-order valence-corrected chi connectivity index (χ2v) is 4.02. The van der Waals surface area contributed by atoms with Crippen LogP contribution in [0.4, 0.5) is 0 Å². The Bertz CT molecular complexity index is 168. The lowest BCUT2D eigenvalue weighted by Crippen LogP contribution is -2.28. The van der Waals surface area contributed by atoms with Crippen LogP contribution in [0.5, 0.6) is 0 Å². The first-order valence-corrected chi connectivity index (χ1v) is 5.97. The van der Waals surface area contributed by atoms with Crippen LogP contribution in [0.25, 0.3) is 0 Å². The van der Waals surface area contributed by atoms with E-state index in [0.29, 0.717) is 18.7 Å². The molecule has 0 bridgehead atoms. The molecular formula is C9H19NO4S. The predicted molar refractivity (Wildman–Crippen MR) is 59.0 cm³/mol. The van der Waals surface area contributed by atoms with Crippen LogP contribution < -0.4 is 0 Å². The molecule has 1 N–H and O–H groups in total. The van der Waals surface area contributed by atoms with Crippen molar-refractivity contribution in [3.05, 3.63) is 0 Å². The van der Waals surface area contributed by atoms with Crippen LogP contribution in [0, 0.1) is 0 Å². The molecule has 5 nitrogen and oxygen atoms in total. The van der Waals surface area contributed by atoms with Crippen molar-refractivity contribution in [3.63, 3.8) is 0 Å². The molecule has 0 saturated heterocycles. The Kier molecular flexibility index (Phi) is 10.0. The zero-order chi connectivity index (χ0) is 11.5. The summed E-state index contributed by atoms with van der Waals surface area (Å²) in [7, 11) is 1.76. The first-order chi connectivity index (χ1) is 7.22. The molecule has 0 rings (SSSR count). The van der Waals surface area contributed by atoms with Crippen molar-refractivity contribution in [1.82, 2.24) is 4.90 Å². The number of nitrogens with zero attached hydrogens (tertiary/aromatic N) is 1. The van der Waals surface area contributed by atoms with Crippen molar-refractivity contribution < 1.29 is 19.4 Å². The summed E-state index contributed by atoms with van der Waals surface area (Å²) in [5.41, 5.74) is 0. The topological polar surface area (TPSA) is 59.0 Å². The average Bonchev–Trinajstić information content (AvgIpc) is 2.24. The lowest BCUT2D eigenvalue weighted by Gasteiger charge is -2.15. The lowest BCUT2D eigenvalue weighted by atomic mass is 10.2. The van der Waals surface area contributed by atoms with Crippen molar-refractivity contribution in [3.8, 4) is 0 Å². The summed E-state index contributed by atoms with van der Waals surface area (Å²) in [4.78, 5) is 13.1. The van der Waals surface area contributed by atoms with Gasteiger partial charge < -0.3 is 4.90 Å². The molecular weight excluding hydrogens is 218 g/mol. The van der Waals surface area contributed by atoms with E-state index in [2.05, 4.69) is 16.3 Å². The van der Waals surface area contributed by atoms with Crippen LogP contribution in [-0.2, 0) is 14.2 Å². The van der Waals surface area contributed by atoms with Gasteiger partial charge in [-0.25, -0.2) is 5.26 Å². The highest BCUT2D eigenvalue weighted by atomic mass is 32.2. The van der Waals surface area contributed by atoms with Gasteiger partial charge in [0.25, 0.3) is 0 Å². The number of hydrogen-bond donors (Lipinski definition) is 1. The zero-order valence-electron chi connectivity index (χ0n) is 9.27. The summed E-state index contributed by atoms with van der Waals surface area (Å²) in [5, 5.41) is 11.3. The summed E-state index contributed by atoms with van der Waals surface area (Å²) >= 11 is 0.961. The van der Waals surface area contributed by atoms with E-state index in [1.54, 1.807) is 11.9 Å². The van der Waals surface area contributed by atoms with Gasteiger partial charge in [-0.2, -0.15) is 0 Å². The third-order valence-electron chi connectivity index (χ3n) is 2.01. The van der Waals surface area contributed by atoms with E-state index in [1.165, 1.54) is 0 Å². The molecule has 0 atom stereocenters. The van der Waals surface area contributed by atoms with Crippen LogP contribution in [0.2, 0.25) is 0 Å². The summed E-state index contributed by atoms with van der Waals surface area (Å²) in [5.74, 6) is 0.713. The average molecular weight is 237 g/mol. The Morgan fingerprint density at radius 3 is 2.80 bits per heavy atom. The number of amides is 1. The maximum Gasteiger partial charge on any atom is 0.222 e. The molecule has 0 aliphatic carbocycles. The highest BCUT2D eigenvalue weighted by Gasteiger charge is 2.07. The van der Waals surface area contributed by atoms with Crippen LogP contribution >= 0.6 is 12.0 Å². The van der Waals surface area contributed by atoms with E-state index < -0.39 is 0 Å². The minimum Gasteiger partial charge on any atom is -0.345 e. The third kappa shape index (κ3) is 8.68. The van der Waals surface area contributed by atoms with Gasteiger partial charge in [0.2, 0.25) is 5.91 Å². The van der Waals surface area contributed by atoms with Gasteiger partial charge in [-0.1, -0.05) is 24.8 Å². The molecule has 0 spiro atoms. The predicted octanol–water partition coefficient (Wildman–Crippen LogP) is 2.09. The van der Waals surface area contributed by atoms with Crippen LogP contribution in [0.3, 0.4) is 0 Å². The van der Waals surface area contributed by atoms with Crippen molar-refractivity contribution >= 4 is 17.9 Å². The summed E-state index contributed by atoms with van der Waals surface area (Å²) in [6, 6.07) is 0. The maximum atomic E-state index is 11.5. The quantitative estimate of drug-likeness (QED) is 0.288. The van der Waals surface area contributed by atoms with E-state index in [1.807, 2.05) is 0 Å². The Morgan fingerprint density at radius 2 is 2.20 bits per heavy atom. The molecule has 0 unspecified atom stereocenters. The fourth-order valence-corrected chi connectivity index (χ4v) is 1.53. The van der Waals surface area contributed by atoms with Crippen molar-refractivity contribution in [2.75, 3.05) is 19.3 Å². The number of hydrogen-bond acceptors (Lipinski definition) is 5. The normalized spacial score (nSPS) is 10.3. The van der Waals surface area contributed by atoms with Crippen LogP contribution in [0.1, 0.15) is 32.6 Å². The van der Waals surface area contributed by atoms with Gasteiger partial charge in [0, 0.05) is 37.8 Å². The molecule has 1 amide bonds. The molecule has 0 aliphatic heterocycles. The van der Waals surface area contributed by atoms with E-state index in [-0.39, 0.29) is 5.91 Å². The SMILES string of the molecule is CCCCCC(=O)N(C)CCSOOO. The highest BCUT2D eigenvalue weighted by molar-refractivity contribution is 7.94. The van der Waals surface area contributed by atoms with Crippen LogP contribution in [-0.4, -0.2) is 35.4 Å². The van der Waals surface area contributed by atoms with Gasteiger partial charge in [-0.15, -0.1) is 4.33 Å². The fourth-order valence-electron chi connectivity index (χ4n) is 1.07. The van der Waals surface area contributed by atoms with Gasteiger partial charge in [0.15, 0.2) is 0 Å². The number of carbonyl (C=O) groups is 1. The first kappa shape index (κ1) is 14.7. The standard InChI is InChI=1S/C9H19NO4S/c1-3-4-5-6-9(11)10(2)7-8-15-14-13-12/h12H,3-8H2,1-2H3. The highest BCUT2D eigenvalue weighted by Crippen LogP contribution is 2.05. The van der Waals surface area contributed by atoms with Gasteiger partial charge in [0.05, 0.1) is 0 Å². The van der Waals surface area contributed by atoms with E-state index in [0.717, 1.165) is 31.3 Å². The van der Waals surface area contributed by atoms with Crippen LogP contribution in [0.15, 0.2) is 0 Å². The van der Waals surface area contributed by atoms with Gasteiger partial charge in [-0.05, 0) is 6.42 Å². The minimum atomic E-state index is 0.147. The lowest BCUT2D eigenvalue weighted by molar-refractivity contribution is -0.432. The first-order valence-electron chi connectivity index (χ1n) is 5.06. The molecule has 90 valence electrons. The molecule has 6 heteroatoms. The van der Waals surface area contributed by atoms with Gasteiger partial charge >= 0.3 is 0 Å². The monoisotopic (exact) mass is 237 g/mol. The van der Waals surface area contributed by atoms with Crippen molar-refractivity contribution in [1.29, 1.82) is 0 Å². The third-order valence-corrected chi connectivity index (χ3v) is 2.51. The second kappa shape index (κ2) is 10.2. The molecule has 0 radical (unpaired) electrons. The van der Waals surface area contributed by atoms with Crippen molar-refractivity contribution in [2.45, 2.75) is 32.6 Å². The van der Waals surface area contributed by atoms with Gasteiger partial charge in [-0.3, -0.25) is 4.79 Å². The summed E-state index contributed by atoms with van der Waals surface area (Å²) in [6.45, 7) is 2.69. The molecule has 0 fully saturated rings. The maximum absolute atomic E-state index is 11.5. The largest absolute Gasteiger partial charge is 0.345 e. The van der Waals surface area contributed by atoms with Gasteiger partial charge in [0.1, 0.15) is 0 Å². The number of unbranched alkanes of at least 4 members (excludes halogenated alkanes) is 2. The Labute approximate surface area is 94.8 Å².